The first-order chi connectivity index (χ1) is 15.5. The van der Waals surface area contributed by atoms with Crippen LogP contribution in [0, 0.1) is 0 Å². The summed E-state index contributed by atoms with van der Waals surface area (Å²) in [5.74, 6) is 0.566. The number of benzene rings is 2. The highest BCUT2D eigenvalue weighted by molar-refractivity contribution is 5.98. The number of fused-ring (bicyclic) bond motifs is 1. The highest BCUT2D eigenvalue weighted by Gasteiger charge is 2.13. The van der Waals surface area contributed by atoms with E-state index in [2.05, 4.69) is 10.3 Å². The van der Waals surface area contributed by atoms with Crippen LogP contribution in [0.25, 0.3) is 17.0 Å². The Hall–Kier alpha value is -3.87. The fraction of sp³-hybridized carbons (Fsp3) is 0.240. The van der Waals surface area contributed by atoms with Crippen molar-refractivity contribution in [3.05, 3.63) is 66.4 Å². The number of pyridine rings is 1. The van der Waals surface area contributed by atoms with Crippen molar-refractivity contribution in [3.8, 4) is 11.5 Å². The molecule has 32 heavy (non-hydrogen) atoms. The first-order valence-electron chi connectivity index (χ1n) is 10.5. The predicted molar refractivity (Wildman–Crippen MR) is 126 cm³/mol. The molecule has 1 heterocycles. The maximum atomic E-state index is 12.4. The molecule has 0 fully saturated rings. The molecule has 2 aromatic carbocycles. The number of carbonyl (C=O) groups is 2. The molecule has 7 heteroatoms. The Balaban J connectivity index is 1.59. The minimum Gasteiger partial charge on any atom is -0.490 e. The van der Waals surface area contributed by atoms with Crippen LogP contribution < -0.4 is 14.8 Å². The highest BCUT2D eigenvalue weighted by Crippen LogP contribution is 2.30. The van der Waals surface area contributed by atoms with Crippen molar-refractivity contribution in [2.45, 2.75) is 13.8 Å². The van der Waals surface area contributed by atoms with Crippen LogP contribution in [0.5, 0.6) is 11.5 Å². The number of para-hydroxylation sites is 1. The lowest BCUT2D eigenvalue weighted by Crippen LogP contribution is -2.33. The molecule has 1 N–H and O–H groups in total. The summed E-state index contributed by atoms with van der Waals surface area (Å²) >= 11 is 0. The number of hydrogen-bond donors (Lipinski definition) is 1. The number of nitrogens with one attached hydrogen (secondary N) is 1. The van der Waals surface area contributed by atoms with Crippen LogP contribution in [0.1, 0.15) is 19.5 Å². The van der Waals surface area contributed by atoms with Crippen molar-refractivity contribution < 1.29 is 19.1 Å². The third kappa shape index (κ3) is 6.07. The predicted octanol–water partition coefficient (Wildman–Crippen LogP) is 4.14. The smallest absolute Gasteiger partial charge is 0.246 e. The van der Waals surface area contributed by atoms with E-state index in [1.165, 1.54) is 11.0 Å². The molecule has 0 saturated carbocycles. The molecule has 0 aliphatic carbocycles. The van der Waals surface area contributed by atoms with Crippen LogP contribution in [0.4, 0.5) is 5.69 Å². The van der Waals surface area contributed by atoms with Gasteiger partial charge in [-0.1, -0.05) is 24.3 Å². The van der Waals surface area contributed by atoms with Crippen LogP contribution in [0.2, 0.25) is 0 Å². The average molecular weight is 434 g/mol. The molecule has 7 nitrogen and oxygen atoms in total. The van der Waals surface area contributed by atoms with E-state index >= 15 is 0 Å². The Kier molecular flexibility index (Phi) is 7.80. The van der Waals surface area contributed by atoms with E-state index in [0.29, 0.717) is 36.1 Å². The van der Waals surface area contributed by atoms with E-state index in [0.717, 1.165) is 10.9 Å². The summed E-state index contributed by atoms with van der Waals surface area (Å²) in [6, 6.07) is 16.8. The Morgan fingerprint density at radius 1 is 1.00 bits per heavy atom. The van der Waals surface area contributed by atoms with Crippen LogP contribution >= 0.6 is 0 Å². The topological polar surface area (TPSA) is 80.8 Å². The largest absolute Gasteiger partial charge is 0.490 e. The normalized spacial score (nSPS) is 10.8. The number of hydrogen-bond acceptors (Lipinski definition) is 5. The van der Waals surface area contributed by atoms with Crippen molar-refractivity contribution in [3.63, 3.8) is 0 Å². The first-order valence-corrected chi connectivity index (χ1v) is 10.5. The number of nitrogens with zero attached hydrogens (tertiary/aromatic N) is 2. The zero-order chi connectivity index (χ0) is 22.9. The van der Waals surface area contributed by atoms with Crippen LogP contribution in [0.3, 0.4) is 0 Å². The van der Waals surface area contributed by atoms with E-state index in [1.54, 1.807) is 31.3 Å². The monoisotopic (exact) mass is 433 g/mol. The summed E-state index contributed by atoms with van der Waals surface area (Å²) in [4.78, 5) is 30.7. The van der Waals surface area contributed by atoms with E-state index in [-0.39, 0.29) is 18.4 Å². The maximum absolute atomic E-state index is 12.4. The number of aromatic nitrogens is 1. The second-order valence-electron chi connectivity index (χ2n) is 7.03. The lowest BCUT2D eigenvalue weighted by atomic mass is 10.2. The number of carbonyl (C=O) groups excluding carboxylic acids is 2. The molecule has 0 radical (unpaired) electrons. The Labute approximate surface area is 187 Å². The van der Waals surface area contributed by atoms with Gasteiger partial charge in [0.2, 0.25) is 11.8 Å². The van der Waals surface area contributed by atoms with Gasteiger partial charge in [0.25, 0.3) is 0 Å². The van der Waals surface area contributed by atoms with Crippen molar-refractivity contribution in [2.75, 3.05) is 32.1 Å². The van der Waals surface area contributed by atoms with Gasteiger partial charge < -0.3 is 19.7 Å². The third-order valence-corrected chi connectivity index (χ3v) is 4.60. The summed E-state index contributed by atoms with van der Waals surface area (Å²) in [7, 11) is 1.57. The molecule has 2 amide bonds. The molecule has 0 atom stereocenters. The average Bonchev–Trinajstić information content (AvgIpc) is 2.79. The molecule has 0 unspecified atom stereocenters. The minimum absolute atomic E-state index is 0.0918. The molecule has 3 aromatic rings. The lowest BCUT2D eigenvalue weighted by Gasteiger charge is -2.16. The molecular weight excluding hydrogens is 406 g/mol. The molecule has 0 spiro atoms. The van der Waals surface area contributed by atoms with Crippen LogP contribution in [-0.4, -0.2) is 48.5 Å². The van der Waals surface area contributed by atoms with E-state index in [4.69, 9.17) is 9.47 Å². The molecular formula is C25H27N3O4. The van der Waals surface area contributed by atoms with E-state index < -0.39 is 0 Å². The number of ether oxygens (including phenoxy) is 2. The van der Waals surface area contributed by atoms with Gasteiger partial charge in [-0.3, -0.25) is 9.59 Å². The molecule has 0 saturated heterocycles. The Morgan fingerprint density at radius 2 is 1.75 bits per heavy atom. The maximum Gasteiger partial charge on any atom is 0.246 e. The van der Waals surface area contributed by atoms with Gasteiger partial charge in [0.05, 0.1) is 31.0 Å². The number of amides is 2. The summed E-state index contributed by atoms with van der Waals surface area (Å²) < 4.78 is 11.1. The highest BCUT2D eigenvalue weighted by atomic mass is 16.5. The fourth-order valence-electron chi connectivity index (χ4n) is 3.08. The number of anilines is 1. The van der Waals surface area contributed by atoms with Crippen molar-refractivity contribution in [1.82, 2.24) is 9.88 Å². The molecule has 3 rings (SSSR count). The zero-order valence-corrected chi connectivity index (χ0v) is 18.5. The van der Waals surface area contributed by atoms with Gasteiger partial charge in [-0.25, -0.2) is 4.98 Å². The van der Waals surface area contributed by atoms with Gasteiger partial charge in [0, 0.05) is 30.3 Å². The van der Waals surface area contributed by atoms with Gasteiger partial charge in [-0.05, 0) is 44.2 Å². The van der Waals surface area contributed by atoms with Crippen molar-refractivity contribution in [2.24, 2.45) is 0 Å². The SMILES string of the molecule is CCOc1ccc(NC(=O)CN(C)C(=O)C=Cc2ccc3ccccc3n2)cc1OCC. The summed E-state index contributed by atoms with van der Waals surface area (Å²) in [6.45, 7) is 4.67. The molecule has 166 valence electrons. The zero-order valence-electron chi connectivity index (χ0n) is 18.5. The van der Waals surface area contributed by atoms with Crippen LogP contribution in [-0.2, 0) is 9.59 Å². The second-order valence-corrected chi connectivity index (χ2v) is 7.03. The Morgan fingerprint density at radius 3 is 2.53 bits per heavy atom. The lowest BCUT2D eigenvalue weighted by molar-refractivity contribution is -0.129. The van der Waals surface area contributed by atoms with Gasteiger partial charge in [0.15, 0.2) is 11.5 Å². The number of likely N-dealkylation sites (N-methyl/N-ethyl adjacent to an activating group) is 1. The summed E-state index contributed by atoms with van der Waals surface area (Å²) in [5, 5.41) is 3.82. The number of rotatable bonds is 9. The molecule has 0 aliphatic rings. The quantitative estimate of drug-likeness (QED) is 0.513. The molecule has 0 aliphatic heterocycles. The minimum atomic E-state index is -0.315. The molecule has 0 bridgehead atoms. The van der Waals surface area contributed by atoms with Gasteiger partial charge in [-0.15, -0.1) is 0 Å². The summed E-state index contributed by atoms with van der Waals surface area (Å²) in [6.07, 6.45) is 3.05. The first kappa shape index (κ1) is 22.8. The summed E-state index contributed by atoms with van der Waals surface area (Å²) in [5.41, 5.74) is 2.10. The van der Waals surface area contributed by atoms with E-state index in [1.807, 2.05) is 50.2 Å². The van der Waals surface area contributed by atoms with Crippen molar-refractivity contribution in [1.29, 1.82) is 0 Å². The van der Waals surface area contributed by atoms with Gasteiger partial charge >= 0.3 is 0 Å². The third-order valence-electron chi connectivity index (χ3n) is 4.60. The van der Waals surface area contributed by atoms with Gasteiger partial charge in [-0.2, -0.15) is 0 Å². The standard InChI is InChI=1S/C25H27N3O4/c1-4-31-22-14-12-20(16-23(22)32-5-2)27-24(29)17-28(3)25(30)15-13-19-11-10-18-8-6-7-9-21(18)26-19/h6-16H,4-5,17H2,1-3H3,(H,27,29). The van der Waals surface area contributed by atoms with Gasteiger partial charge in [0.1, 0.15) is 0 Å². The molecule has 1 aromatic heterocycles. The Bertz CT molecular complexity index is 1130. The van der Waals surface area contributed by atoms with Crippen LogP contribution in [0.15, 0.2) is 60.7 Å². The van der Waals surface area contributed by atoms with E-state index in [9.17, 15) is 9.59 Å². The fourth-order valence-corrected chi connectivity index (χ4v) is 3.08. The van der Waals surface area contributed by atoms with Crippen molar-refractivity contribution >= 4 is 34.5 Å². The second kappa shape index (κ2) is 10.9.